The van der Waals surface area contributed by atoms with Crippen LogP contribution in [-0.4, -0.2) is 13.1 Å². The number of rotatable bonds is 0. The van der Waals surface area contributed by atoms with Crippen molar-refractivity contribution in [3.63, 3.8) is 0 Å². The van der Waals surface area contributed by atoms with Gasteiger partial charge in [0.05, 0.1) is 0 Å². The van der Waals surface area contributed by atoms with Crippen molar-refractivity contribution in [2.75, 3.05) is 13.1 Å². The number of piperidine rings is 1. The van der Waals surface area contributed by atoms with Crippen molar-refractivity contribution in [1.82, 2.24) is 5.32 Å². The number of hydrogen-bond donors (Lipinski definition) is 1. The van der Waals surface area contributed by atoms with Gasteiger partial charge in [0.1, 0.15) is 5.83 Å². The lowest BCUT2D eigenvalue weighted by Gasteiger charge is -2.29. The van der Waals surface area contributed by atoms with E-state index in [-0.39, 0.29) is 5.83 Å². The Balaban J connectivity index is 2.13. The van der Waals surface area contributed by atoms with E-state index < -0.39 is 0 Å². The second kappa shape index (κ2) is 2.78. The van der Waals surface area contributed by atoms with Gasteiger partial charge < -0.3 is 5.32 Å². The lowest BCUT2D eigenvalue weighted by atomic mass is 9.83. The fraction of sp³-hybridized carbons (Fsp3) is 0.556. The molecule has 1 fully saturated rings. The Labute approximate surface area is 66.0 Å². The highest BCUT2D eigenvalue weighted by Gasteiger charge is 2.23. The van der Waals surface area contributed by atoms with Gasteiger partial charge in [0.25, 0.3) is 0 Å². The van der Waals surface area contributed by atoms with Gasteiger partial charge in [-0.1, -0.05) is 6.08 Å². The number of nitrogens with one attached hydrogen (secondary N) is 1. The van der Waals surface area contributed by atoms with Crippen LogP contribution >= 0.6 is 0 Å². The molecule has 2 unspecified atom stereocenters. The van der Waals surface area contributed by atoms with Crippen molar-refractivity contribution < 1.29 is 4.39 Å². The maximum atomic E-state index is 12.7. The summed E-state index contributed by atoms with van der Waals surface area (Å²) in [4.78, 5) is 0. The van der Waals surface area contributed by atoms with Crippen LogP contribution in [0.4, 0.5) is 4.39 Å². The van der Waals surface area contributed by atoms with Crippen molar-refractivity contribution in [2.24, 2.45) is 11.8 Å². The predicted molar refractivity (Wildman–Crippen MR) is 42.8 cm³/mol. The van der Waals surface area contributed by atoms with Crippen LogP contribution < -0.4 is 5.32 Å². The van der Waals surface area contributed by atoms with E-state index in [2.05, 4.69) is 5.32 Å². The Kier molecular flexibility index (Phi) is 1.78. The molecule has 0 spiro atoms. The van der Waals surface area contributed by atoms with Gasteiger partial charge in [-0.3, -0.25) is 0 Å². The molecule has 0 bridgehead atoms. The van der Waals surface area contributed by atoms with Crippen molar-refractivity contribution in [3.05, 3.63) is 24.1 Å². The van der Waals surface area contributed by atoms with Crippen molar-refractivity contribution in [2.45, 2.75) is 6.42 Å². The molecule has 1 saturated heterocycles. The predicted octanol–water partition coefficient (Wildman–Crippen LogP) is 1.64. The summed E-state index contributed by atoms with van der Waals surface area (Å²) in [7, 11) is 0. The highest BCUT2D eigenvalue weighted by Crippen LogP contribution is 2.27. The van der Waals surface area contributed by atoms with Gasteiger partial charge >= 0.3 is 0 Å². The monoisotopic (exact) mass is 153 g/mol. The van der Waals surface area contributed by atoms with Crippen molar-refractivity contribution >= 4 is 0 Å². The second-order valence-electron chi connectivity index (χ2n) is 3.23. The molecule has 0 aromatic rings. The first-order valence-electron chi connectivity index (χ1n) is 4.12. The zero-order valence-corrected chi connectivity index (χ0v) is 6.39. The summed E-state index contributed by atoms with van der Waals surface area (Å²) in [6.45, 7) is 2.00. The molecule has 2 atom stereocenters. The SMILES string of the molecule is FC1=CC2CNCCC2C=C1. The summed E-state index contributed by atoms with van der Waals surface area (Å²) in [5.74, 6) is 0.902. The Morgan fingerprint density at radius 3 is 3.27 bits per heavy atom. The van der Waals surface area contributed by atoms with E-state index in [1.165, 1.54) is 0 Å². The molecule has 1 heterocycles. The maximum absolute atomic E-state index is 12.7. The molecule has 0 saturated carbocycles. The Bertz CT molecular complexity index is 208. The summed E-state index contributed by atoms with van der Waals surface area (Å²) in [6, 6.07) is 0. The number of hydrogen-bond acceptors (Lipinski definition) is 1. The zero-order valence-electron chi connectivity index (χ0n) is 6.39. The van der Waals surface area contributed by atoms with E-state index >= 15 is 0 Å². The largest absolute Gasteiger partial charge is 0.316 e. The van der Waals surface area contributed by atoms with Crippen LogP contribution in [0, 0.1) is 11.8 Å². The summed E-state index contributed by atoms with van der Waals surface area (Å²) >= 11 is 0. The van der Waals surface area contributed by atoms with E-state index in [0.29, 0.717) is 11.8 Å². The molecule has 60 valence electrons. The van der Waals surface area contributed by atoms with Crippen LogP contribution in [0.3, 0.4) is 0 Å². The fourth-order valence-corrected chi connectivity index (χ4v) is 1.80. The number of allylic oxidation sites excluding steroid dienone is 3. The molecule has 1 aliphatic heterocycles. The first kappa shape index (κ1) is 7.04. The highest BCUT2D eigenvalue weighted by molar-refractivity contribution is 5.21. The van der Waals surface area contributed by atoms with Gasteiger partial charge in [0.2, 0.25) is 0 Å². The van der Waals surface area contributed by atoms with Crippen LogP contribution in [-0.2, 0) is 0 Å². The van der Waals surface area contributed by atoms with E-state index in [0.717, 1.165) is 19.5 Å². The van der Waals surface area contributed by atoms with Gasteiger partial charge in [-0.15, -0.1) is 0 Å². The summed E-state index contributed by atoms with van der Waals surface area (Å²) < 4.78 is 12.7. The third kappa shape index (κ3) is 1.36. The zero-order chi connectivity index (χ0) is 7.68. The molecule has 11 heavy (non-hydrogen) atoms. The summed E-state index contributed by atoms with van der Waals surface area (Å²) in [5.41, 5.74) is 0. The van der Waals surface area contributed by atoms with E-state index in [4.69, 9.17) is 0 Å². The van der Waals surface area contributed by atoms with Crippen LogP contribution in [0.2, 0.25) is 0 Å². The summed E-state index contributed by atoms with van der Waals surface area (Å²) in [5, 5.41) is 3.26. The number of halogens is 1. The standard InChI is InChI=1S/C9H12FN/c10-9-2-1-7-3-4-11-6-8(7)5-9/h1-2,5,7-8,11H,3-4,6H2. The molecule has 0 aromatic carbocycles. The second-order valence-corrected chi connectivity index (χ2v) is 3.23. The van der Waals surface area contributed by atoms with Gasteiger partial charge in [-0.2, -0.15) is 0 Å². The van der Waals surface area contributed by atoms with Crippen molar-refractivity contribution in [3.8, 4) is 0 Å². The number of fused-ring (bicyclic) bond motifs is 1. The molecule has 0 amide bonds. The average Bonchev–Trinajstić information content (AvgIpc) is 2.04. The molecule has 2 rings (SSSR count). The Morgan fingerprint density at radius 2 is 2.36 bits per heavy atom. The van der Waals surface area contributed by atoms with Gasteiger partial charge in [0, 0.05) is 6.54 Å². The lowest BCUT2D eigenvalue weighted by Crippen LogP contribution is -2.35. The maximum Gasteiger partial charge on any atom is 0.119 e. The summed E-state index contributed by atoms with van der Waals surface area (Å²) in [6.07, 6.45) is 6.47. The van der Waals surface area contributed by atoms with Crippen LogP contribution in [0.5, 0.6) is 0 Å². The first-order valence-corrected chi connectivity index (χ1v) is 4.12. The fourth-order valence-electron chi connectivity index (χ4n) is 1.80. The third-order valence-electron chi connectivity index (χ3n) is 2.46. The van der Waals surface area contributed by atoms with Crippen LogP contribution in [0.25, 0.3) is 0 Å². The topological polar surface area (TPSA) is 12.0 Å². The highest BCUT2D eigenvalue weighted by atomic mass is 19.1. The van der Waals surface area contributed by atoms with Gasteiger partial charge in [0.15, 0.2) is 0 Å². The molecular formula is C9H12FN. The lowest BCUT2D eigenvalue weighted by molar-refractivity contribution is 0.346. The van der Waals surface area contributed by atoms with E-state index in [9.17, 15) is 4.39 Å². The Morgan fingerprint density at radius 1 is 1.45 bits per heavy atom. The van der Waals surface area contributed by atoms with E-state index in [1.807, 2.05) is 6.08 Å². The molecule has 2 aliphatic rings. The molecule has 1 N–H and O–H groups in total. The van der Waals surface area contributed by atoms with Crippen LogP contribution in [0.1, 0.15) is 6.42 Å². The minimum absolute atomic E-state index is 0.0741. The molecule has 0 aromatic heterocycles. The van der Waals surface area contributed by atoms with Crippen molar-refractivity contribution in [1.29, 1.82) is 0 Å². The molecule has 2 heteroatoms. The van der Waals surface area contributed by atoms with E-state index in [1.54, 1.807) is 12.2 Å². The molecular weight excluding hydrogens is 141 g/mol. The smallest absolute Gasteiger partial charge is 0.119 e. The Hall–Kier alpha value is -0.630. The van der Waals surface area contributed by atoms with Crippen LogP contribution in [0.15, 0.2) is 24.1 Å². The quantitative estimate of drug-likeness (QED) is 0.557. The molecule has 1 aliphatic carbocycles. The van der Waals surface area contributed by atoms with Gasteiger partial charge in [-0.25, -0.2) is 4.39 Å². The molecule has 0 radical (unpaired) electrons. The molecule has 1 nitrogen and oxygen atoms in total. The van der Waals surface area contributed by atoms with Gasteiger partial charge in [-0.05, 0) is 37.0 Å². The average molecular weight is 153 g/mol. The minimum atomic E-state index is -0.0741. The normalized spacial score (nSPS) is 36.3. The third-order valence-corrected chi connectivity index (χ3v) is 2.46. The first-order chi connectivity index (χ1) is 5.36. The minimum Gasteiger partial charge on any atom is -0.316 e.